The summed E-state index contributed by atoms with van der Waals surface area (Å²) in [7, 11) is 1.67. The number of para-hydroxylation sites is 4. The van der Waals surface area contributed by atoms with E-state index < -0.39 is 0 Å². The maximum absolute atomic E-state index is 5.49. The Morgan fingerprint density at radius 3 is 2.13 bits per heavy atom. The van der Waals surface area contributed by atoms with Crippen LogP contribution in [0.3, 0.4) is 0 Å². The molecule has 0 bridgehead atoms. The van der Waals surface area contributed by atoms with Crippen molar-refractivity contribution in [2.75, 3.05) is 7.11 Å². The van der Waals surface area contributed by atoms with Crippen LogP contribution in [-0.2, 0) is 0 Å². The summed E-state index contributed by atoms with van der Waals surface area (Å²) in [5.41, 5.74) is 6.41. The minimum absolute atomic E-state index is 0.756. The van der Waals surface area contributed by atoms with E-state index in [-0.39, 0.29) is 0 Å². The van der Waals surface area contributed by atoms with Gasteiger partial charge in [0, 0.05) is 22.9 Å². The summed E-state index contributed by atoms with van der Waals surface area (Å²) in [4.78, 5) is 4.83. The van der Waals surface area contributed by atoms with Crippen molar-refractivity contribution in [3.05, 3.63) is 115 Å². The summed E-state index contributed by atoms with van der Waals surface area (Å²) in [6, 6.07) is 37.2. The molecule has 0 radical (unpaired) electrons. The lowest BCUT2D eigenvalue weighted by Crippen LogP contribution is -1.98. The van der Waals surface area contributed by atoms with Gasteiger partial charge in [-0.05, 0) is 35.9 Å². The second kappa shape index (κ2) is 8.33. The van der Waals surface area contributed by atoms with Crippen LogP contribution in [0, 0.1) is 0 Å². The zero-order chi connectivity index (χ0) is 21.0. The number of nitrogens with zero attached hydrogens (tertiary/aromatic N) is 2. The first-order chi connectivity index (χ1) is 15.4. The van der Waals surface area contributed by atoms with Crippen molar-refractivity contribution < 1.29 is 4.74 Å². The van der Waals surface area contributed by atoms with Gasteiger partial charge in [0.1, 0.15) is 11.4 Å². The van der Waals surface area contributed by atoms with Crippen molar-refractivity contribution in [2.45, 2.75) is 0 Å². The molecule has 1 heterocycles. The largest absolute Gasteiger partial charge is 0.494 e. The Labute approximate surface area is 181 Å². The highest BCUT2D eigenvalue weighted by Crippen LogP contribution is 2.36. The first kappa shape index (κ1) is 18.9. The quantitative estimate of drug-likeness (QED) is 0.289. The van der Waals surface area contributed by atoms with E-state index in [4.69, 9.17) is 9.73 Å². The molecule has 0 aliphatic heterocycles. The number of methoxy groups -OCH3 is 1. The molecule has 0 spiro atoms. The molecule has 0 saturated heterocycles. The first-order valence-corrected chi connectivity index (χ1v) is 10.3. The maximum atomic E-state index is 5.49. The first-order valence-electron chi connectivity index (χ1n) is 10.3. The van der Waals surface area contributed by atoms with E-state index in [0.29, 0.717) is 0 Å². The standard InChI is InChI=1S/C28H22N2O/c1-31-27-19-11-9-17-25(27)29-20-24-23-16-8-10-18-26(23)30(22-14-6-3-7-15-22)28(24)21-12-4-2-5-13-21/h2-20H,1H3. The molecule has 0 atom stereocenters. The minimum Gasteiger partial charge on any atom is -0.494 e. The molecule has 0 saturated carbocycles. The SMILES string of the molecule is COc1ccccc1N=Cc1c(-c2ccccc2)n(-c2ccccc2)c2ccccc12. The highest BCUT2D eigenvalue weighted by Gasteiger charge is 2.18. The van der Waals surface area contributed by atoms with E-state index in [1.165, 1.54) is 0 Å². The van der Waals surface area contributed by atoms with E-state index in [1.807, 2.05) is 42.6 Å². The highest BCUT2D eigenvalue weighted by atomic mass is 16.5. The molecule has 0 amide bonds. The molecule has 5 aromatic rings. The van der Waals surface area contributed by atoms with Gasteiger partial charge in [-0.25, -0.2) is 0 Å². The van der Waals surface area contributed by atoms with Crippen molar-refractivity contribution >= 4 is 22.8 Å². The summed E-state index contributed by atoms with van der Waals surface area (Å²) < 4.78 is 7.81. The number of aromatic nitrogens is 1. The molecular weight excluding hydrogens is 380 g/mol. The van der Waals surface area contributed by atoms with Crippen LogP contribution in [0.2, 0.25) is 0 Å². The molecule has 31 heavy (non-hydrogen) atoms. The summed E-state index contributed by atoms with van der Waals surface area (Å²) in [5, 5.41) is 1.16. The van der Waals surface area contributed by atoms with Crippen LogP contribution in [0.5, 0.6) is 5.75 Å². The number of hydrogen-bond acceptors (Lipinski definition) is 2. The Bertz CT molecular complexity index is 1350. The number of hydrogen-bond donors (Lipinski definition) is 0. The number of aliphatic imine (C=N–C) groups is 1. The minimum atomic E-state index is 0.756. The molecule has 5 rings (SSSR count). The molecule has 3 heteroatoms. The van der Waals surface area contributed by atoms with Gasteiger partial charge in [-0.1, -0.05) is 78.9 Å². The summed E-state index contributed by atoms with van der Waals surface area (Å²) >= 11 is 0. The van der Waals surface area contributed by atoms with Gasteiger partial charge in [0.2, 0.25) is 0 Å². The summed E-state index contributed by atoms with van der Waals surface area (Å²) in [6.45, 7) is 0. The van der Waals surface area contributed by atoms with Crippen molar-refractivity contribution in [1.82, 2.24) is 4.57 Å². The van der Waals surface area contributed by atoms with E-state index in [0.717, 1.165) is 44.8 Å². The average molecular weight is 402 g/mol. The van der Waals surface area contributed by atoms with Gasteiger partial charge < -0.3 is 9.30 Å². The molecule has 0 fully saturated rings. The van der Waals surface area contributed by atoms with Gasteiger partial charge in [0.15, 0.2) is 0 Å². The molecular formula is C28H22N2O. The lowest BCUT2D eigenvalue weighted by Gasteiger charge is -2.12. The lowest BCUT2D eigenvalue weighted by atomic mass is 10.1. The number of fused-ring (bicyclic) bond motifs is 1. The van der Waals surface area contributed by atoms with Gasteiger partial charge in [-0.2, -0.15) is 0 Å². The molecule has 0 N–H and O–H groups in total. The Kier molecular flexibility index (Phi) is 5.07. The van der Waals surface area contributed by atoms with Crippen LogP contribution in [0.4, 0.5) is 5.69 Å². The third-order valence-electron chi connectivity index (χ3n) is 5.39. The van der Waals surface area contributed by atoms with Crippen molar-refractivity contribution in [2.24, 2.45) is 4.99 Å². The number of rotatable bonds is 5. The molecule has 150 valence electrons. The van der Waals surface area contributed by atoms with Crippen molar-refractivity contribution in [3.63, 3.8) is 0 Å². The number of ether oxygens (including phenoxy) is 1. The summed E-state index contributed by atoms with van der Waals surface area (Å²) in [5.74, 6) is 0.756. The lowest BCUT2D eigenvalue weighted by molar-refractivity contribution is 0.416. The molecule has 0 aliphatic rings. The normalized spacial score (nSPS) is 11.3. The van der Waals surface area contributed by atoms with Crippen LogP contribution in [0.25, 0.3) is 27.8 Å². The van der Waals surface area contributed by atoms with Crippen LogP contribution < -0.4 is 4.74 Å². The van der Waals surface area contributed by atoms with Gasteiger partial charge >= 0.3 is 0 Å². The number of benzene rings is 4. The topological polar surface area (TPSA) is 26.5 Å². The molecule has 0 aliphatic carbocycles. The fourth-order valence-electron chi connectivity index (χ4n) is 3.99. The van der Waals surface area contributed by atoms with Crippen LogP contribution >= 0.6 is 0 Å². The zero-order valence-electron chi connectivity index (χ0n) is 17.3. The predicted octanol–water partition coefficient (Wildman–Crippen LogP) is 7.06. The van der Waals surface area contributed by atoms with Gasteiger partial charge in [-0.3, -0.25) is 4.99 Å². The van der Waals surface area contributed by atoms with Crippen molar-refractivity contribution in [1.29, 1.82) is 0 Å². The van der Waals surface area contributed by atoms with Gasteiger partial charge in [-0.15, -0.1) is 0 Å². The fraction of sp³-hybridized carbons (Fsp3) is 0.0357. The van der Waals surface area contributed by atoms with Gasteiger partial charge in [0.25, 0.3) is 0 Å². The molecule has 3 nitrogen and oxygen atoms in total. The smallest absolute Gasteiger partial charge is 0.144 e. The second-order valence-corrected chi connectivity index (χ2v) is 7.25. The third kappa shape index (κ3) is 3.51. The fourth-order valence-corrected chi connectivity index (χ4v) is 3.99. The molecule has 0 unspecified atom stereocenters. The van der Waals surface area contributed by atoms with Gasteiger partial charge in [0.05, 0.1) is 18.3 Å². The zero-order valence-corrected chi connectivity index (χ0v) is 17.3. The molecule has 4 aromatic carbocycles. The van der Waals surface area contributed by atoms with Crippen LogP contribution in [0.1, 0.15) is 5.56 Å². The third-order valence-corrected chi connectivity index (χ3v) is 5.39. The Morgan fingerprint density at radius 1 is 0.710 bits per heavy atom. The maximum Gasteiger partial charge on any atom is 0.144 e. The predicted molar refractivity (Wildman–Crippen MR) is 129 cm³/mol. The van der Waals surface area contributed by atoms with Crippen LogP contribution in [-0.4, -0.2) is 17.9 Å². The van der Waals surface area contributed by atoms with E-state index in [2.05, 4.69) is 77.4 Å². The monoisotopic (exact) mass is 402 g/mol. The molecule has 1 aromatic heterocycles. The summed E-state index contributed by atoms with van der Waals surface area (Å²) in [6.07, 6.45) is 1.96. The Balaban J connectivity index is 1.81. The van der Waals surface area contributed by atoms with E-state index in [9.17, 15) is 0 Å². The highest BCUT2D eigenvalue weighted by molar-refractivity contribution is 6.08. The van der Waals surface area contributed by atoms with Crippen molar-refractivity contribution in [3.8, 4) is 22.7 Å². The Hall–Kier alpha value is -4.11. The average Bonchev–Trinajstić information content (AvgIpc) is 3.18. The van der Waals surface area contributed by atoms with Crippen LogP contribution in [0.15, 0.2) is 114 Å². The van der Waals surface area contributed by atoms with E-state index in [1.54, 1.807) is 7.11 Å². The van der Waals surface area contributed by atoms with E-state index >= 15 is 0 Å². The second-order valence-electron chi connectivity index (χ2n) is 7.25. The Morgan fingerprint density at radius 2 is 1.35 bits per heavy atom.